The molecule has 0 radical (unpaired) electrons. The fraction of sp³-hybridized carbons (Fsp3) is 0.464. The van der Waals surface area contributed by atoms with Gasteiger partial charge in [-0.1, -0.05) is 20.3 Å². The van der Waals surface area contributed by atoms with Crippen LogP contribution in [0.15, 0.2) is 42.9 Å². The van der Waals surface area contributed by atoms with Crippen LogP contribution in [0.1, 0.15) is 70.4 Å². The summed E-state index contributed by atoms with van der Waals surface area (Å²) in [6, 6.07) is 9.12. The van der Waals surface area contributed by atoms with Crippen molar-refractivity contribution < 1.29 is 0 Å². The van der Waals surface area contributed by atoms with Gasteiger partial charge in [-0.15, -0.1) is 5.10 Å². The van der Waals surface area contributed by atoms with Crippen LogP contribution in [0.5, 0.6) is 0 Å². The summed E-state index contributed by atoms with van der Waals surface area (Å²) in [7, 11) is 0. The minimum atomic E-state index is 0.370. The maximum Gasteiger partial charge on any atom is 0.154 e. The van der Waals surface area contributed by atoms with Crippen LogP contribution in [0.2, 0.25) is 0 Å². The van der Waals surface area contributed by atoms with Crippen LogP contribution in [0.3, 0.4) is 0 Å². The van der Waals surface area contributed by atoms with E-state index in [-0.39, 0.29) is 0 Å². The van der Waals surface area contributed by atoms with Crippen LogP contribution < -0.4 is 10.6 Å². The van der Waals surface area contributed by atoms with Crippen LogP contribution in [0.25, 0.3) is 16.6 Å². The monoisotopic (exact) mass is 486 g/mol. The molecule has 8 heteroatoms. The molecule has 0 saturated carbocycles. The van der Waals surface area contributed by atoms with Crippen molar-refractivity contribution in [2.45, 2.75) is 71.4 Å². The van der Waals surface area contributed by atoms with E-state index in [0.717, 1.165) is 47.2 Å². The van der Waals surface area contributed by atoms with Crippen LogP contribution in [0.4, 0.5) is 11.6 Å². The molecule has 190 valence electrons. The zero-order valence-corrected chi connectivity index (χ0v) is 21.8. The summed E-state index contributed by atoms with van der Waals surface area (Å²) in [5.41, 5.74) is 4.31. The van der Waals surface area contributed by atoms with Gasteiger partial charge in [-0.25, -0.2) is 4.98 Å². The summed E-state index contributed by atoms with van der Waals surface area (Å²) in [5, 5.41) is 22.8. The number of anilines is 2. The minimum Gasteiger partial charge on any atom is -0.390 e. The van der Waals surface area contributed by atoms with Gasteiger partial charge in [0, 0.05) is 54.9 Å². The van der Waals surface area contributed by atoms with Crippen LogP contribution >= 0.6 is 0 Å². The van der Waals surface area contributed by atoms with Gasteiger partial charge in [0.25, 0.3) is 0 Å². The van der Waals surface area contributed by atoms with E-state index in [9.17, 15) is 0 Å². The third kappa shape index (κ3) is 6.43. The lowest BCUT2D eigenvalue weighted by atomic mass is 9.97. The Morgan fingerprint density at radius 1 is 1.11 bits per heavy atom. The number of fused-ring (bicyclic) bond motifs is 1. The van der Waals surface area contributed by atoms with E-state index in [2.05, 4.69) is 58.4 Å². The Bertz CT molecular complexity index is 1200. The molecule has 1 saturated heterocycles. The summed E-state index contributed by atoms with van der Waals surface area (Å²) in [6.07, 6.45) is 11.9. The molecule has 2 atom stereocenters. The molecular formula is C28H38N8. The van der Waals surface area contributed by atoms with Crippen LogP contribution in [-0.4, -0.2) is 56.5 Å². The predicted molar refractivity (Wildman–Crippen MR) is 148 cm³/mol. The number of nitrogens with zero attached hydrogens (tertiary/aromatic N) is 5. The Kier molecular flexibility index (Phi) is 8.59. The zero-order chi connectivity index (χ0) is 25.5. The second-order valence-electron chi connectivity index (χ2n) is 10.0. The first-order chi connectivity index (χ1) is 17.4. The molecule has 1 aliphatic heterocycles. The molecule has 0 unspecified atom stereocenters. The average Bonchev–Trinajstić information content (AvgIpc) is 2.87. The first-order valence-corrected chi connectivity index (χ1v) is 13.0. The molecule has 0 spiro atoms. The van der Waals surface area contributed by atoms with Gasteiger partial charge in [-0.3, -0.25) is 9.88 Å². The van der Waals surface area contributed by atoms with E-state index in [1.165, 1.54) is 25.5 Å². The average molecular weight is 487 g/mol. The summed E-state index contributed by atoms with van der Waals surface area (Å²) in [6.45, 7) is 10.9. The summed E-state index contributed by atoms with van der Waals surface area (Å²) in [5.74, 6) is 1.71. The van der Waals surface area contributed by atoms with Gasteiger partial charge in [-0.2, -0.15) is 5.10 Å². The zero-order valence-electron chi connectivity index (χ0n) is 21.8. The highest BCUT2D eigenvalue weighted by Crippen LogP contribution is 2.23. The van der Waals surface area contributed by atoms with Gasteiger partial charge in [0.05, 0.1) is 17.2 Å². The van der Waals surface area contributed by atoms with Crippen LogP contribution in [-0.2, 0) is 0 Å². The molecule has 1 fully saturated rings. The number of rotatable bonds is 10. The maximum atomic E-state index is 7.93. The first kappa shape index (κ1) is 25.7. The largest absolute Gasteiger partial charge is 0.390 e. The van der Waals surface area contributed by atoms with Crippen molar-refractivity contribution in [3.63, 3.8) is 0 Å². The fourth-order valence-corrected chi connectivity index (χ4v) is 4.79. The highest BCUT2D eigenvalue weighted by molar-refractivity contribution is 6.08. The van der Waals surface area contributed by atoms with E-state index in [1.54, 1.807) is 12.4 Å². The highest BCUT2D eigenvalue weighted by Gasteiger charge is 2.23. The molecule has 0 aliphatic carbocycles. The minimum absolute atomic E-state index is 0.370. The lowest BCUT2D eigenvalue weighted by molar-refractivity contribution is 0.102. The molecule has 4 heterocycles. The lowest BCUT2D eigenvalue weighted by Crippen LogP contribution is -2.44. The number of allylic oxidation sites excluding steroid dienone is 1. The van der Waals surface area contributed by atoms with Crippen molar-refractivity contribution in [3.05, 3.63) is 54.0 Å². The lowest BCUT2D eigenvalue weighted by Gasteiger charge is -2.39. The topological polar surface area (TPSA) is 103 Å². The Hall–Kier alpha value is -3.39. The fourth-order valence-electron chi connectivity index (χ4n) is 4.79. The maximum absolute atomic E-state index is 7.93. The van der Waals surface area contributed by atoms with Gasteiger partial charge in [0.1, 0.15) is 5.82 Å². The Balaban J connectivity index is 1.41. The third-order valence-electron chi connectivity index (χ3n) is 7.00. The number of nitrogens with one attached hydrogen (secondary N) is 3. The predicted octanol–water partition coefficient (Wildman–Crippen LogP) is 5.52. The first-order valence-electron chi connectivity index (χ1n) is 13.0. The van der Waals surface area contributed by atoms with Gasteiger partial charge in [-0.05, 0) is 68.9 Å². The summed E-state index contributed by atoms with van der Waals surface area (Å²) < 4.78 is 0. The van der Waals surface area contributed by atoms with E-state index in [4.69, 9.17) is 10.4 Å². The molecular weight excluding hydrogens is 448 g/mol. The molecule has 0 bridgehead atoms. The van der Waals surface area contributed by atoms with E-state index < -0.39 is 0 Å². The van der Waals surface area contributed by atoms with E-state index in [1.807, 2.05) is 30.5 Å². The van der Waals surface area contributed by atoms with E-state index >= 15 is 0 Å². The highest BCUT2D eigenvalue weighted by atomic mass is 15.2. The quantitative estimate of drug-likeness (QED) is 0.256. The van der Waals surface area contributed by atoms with Gasteiger partial charge >= 0.3 is 0 Å². The standard InChI is InChI=1S/C28H38N8/c1-19(2)22-14-28(35-32-18-22)34-27-10-9-25-26(33-27)13-23(17-31-25)24(15-29)16-30-11-6-12-36-20(3)7-5-8-21(36)4/h9-10,13-21,29-30H,5-8,11-12H2,1-4H3,(H,33,34,35)/b24-16+,29-15?/t20-,21+. The normalized spacial score (nSPS) is 19.0. The van der Waals surface area contributed by atoms with Gasteiger partial charge in [0.2, 0.25) is 0 Å². The molecule has 3 N–H and O–H groups in total. The molecule has 0 aromatic carbocycles. The Morgan fingerprint density at radius 2 is 1.92 bits per heavy atom. The number of hydrogen-bond donors (Lipinski definition) is 3. The molecule has 4 rings (SSSR count). The van der Waals surface area contributed by atoms with Crippen molar-refractivity contribution in [1.82, 2.24) is 30.4 Å². The van der Waals surface area contributed by atoms with E-state index in [0.29, 0.717) is 29.6 Å². The van der Waals surface area contributed by atoms with Crippen molar-refractivity contribution in [2.24, 2.45) is 0 Å². The number of pyridine rings is 2. The molecule has 3 aromatic rings. The van der Waals surface area contributed by atoms with Crippen molar-refractivity contribution in [1.29, 1.82) is 5.41 Å². The van der Waals surface area contributed by atoms with Crippen molar-refractivity contribution in [2.75, 3.05) is 18.4 Å². The Labute approximate surface area is 214 Å². The number of aromatic nitrogens is 4. The smallest absolute Gasteiger partial charge is 0.154 e. The molecule has 0 amide bonds. The van der Waals surface area contributed by atoms with Gasteiger partial charge in [0.15, 0.2) is 5.82 Å². The third-order valence-corrected chi connectivity index (χ3v) is 7.00. The number of hydrogen-bond acceptors (Lipinski definition) is 8. The Morgan fingerprint density at radius 3 is 2.67 bits per heavy atom. The van der Waals surface area contributed by atoms with Crippen LogP contribution in [0, 0.1) is 5.41 Å². The van der Waals surface area contributed by atoms with Crippen molar-refractivity contribution >= 4 is 34.5 Å². The van der Waals surface area contributed by atoms with Crippen molar-refractivity contribution in [3.8, 4) is 0 Å². The molecule has 3 aromatic heterocycles. The molecule has 1 aliphatic rings. The molecule has 36 heavy (non-hydrogen) atoms. The SMILES string of the molecule is CC(C)c1cnnc(Nc2ccc3ncc(/C(C=N)=C/NCCCN4[C@H](C)CCC[C@@H]4C)cc3n2)c1. The number of piperidine rings is 1. The summed E-state index contributed by atoms with van der Waals surface area (Å²) >= 11 is 0. The second kappa shape index (κ2) is 12.0. The molecule has 8 nitrogen and oxygen atoms in total. The second-order valence-corrected chi connectivity index (χ2v) is 10.0. The van der Waals surface area contributed by atoms with Gasteiger partial charge < -0.3 is 16.0 Å². The summed E-state index contributed by atoms with van der Waals surface area (Å²) in [4.78, 5) is 11.9. The number of likely N-dealkylation sites (tertiary alicyclic amines) is 1.